The Morgan fingerprint density at radius 3 is 2.33 bits per heavy atom. The van der Waals surface area contributed by atoms with Crippen LogP contribution in [0.15, 0.2) is 41.8 Å². The molecule has 0 unspecified atom stereocenters. The van der Waals surface area contributed by atoms with Gasteiger partial charge >= 0.3 is 0 Å². The quantitative estimate of drug-likeness (QED) is 0.411. The normalized spacial score (nSPS) is 15.8. The van der Waals surface area contributed by atoms with Crippen LogP contribution >= 0.6 is 0 Å². The topological polar surface area (TPSA) is 95.1 Å². The predicted octanol–water partition coefficient (Wildman–Crippen LogP) is 4.51. The van der Waals surface area contributed by atoms with Crippen molar-refractivity contribution < 1.29 is 0 Å². The molecule has 2 N–H and O–H groups in total. The summed E-state index contributed by atoms with van der Waals surface area (Å²) in [5, 5.41) is 9.98. The van der Waals surface area contributed by atoms with Crippen LogP contribution in [0.25, 0.3) is 11.0 Å². The van der Waals surface area contributed by atoms with E-state index in [0.29, 0.717) is 17.0 Å². The molecule has 0 bridgehead atoms. The predicted molar refractivity (Wildman–Crippen MR) is 150 cm³/mol. The van der Waals surface area contributed by atoms with E-state index in [2.05, 4.69) is 63.8 Å². The maximum absolute atomic E-state index is 12.7. The minimum atomic E-state index is 0.0103. The molecule has 3 aromatic rings. The molecular weight excluding hydrogens is 452 g/mol. The Morgan fingerprint density at radius 2 is 1.78 bits per heavy atom. The van der Waals surface area contributed by atoms with Gasteiger partial charge in [-0.3, -0.25) is 9.48 Å². The highest BCUT2D eigenvalue weighted by atomic mass is 16.1. The number of likely N-dealkylation sites (N-methyl/N-ethyl adjacent to an activating group) is 1. The molecule has 1 aliphatic heterocycles. The van der Waals surface area contributed by atoms with Gasteiger partial charge in [0.1, 0.15) is 5.39 Å². The lowest BCUT2D eigenvalue weighted by Crippen LogP contribution is -2.44. The zero-order valence-corrected chi connectivity index (χ0v) is 22.3. The molecule has 3 heterocycles. The Morgan fingerprint density at radius 1 is 1.14 bits per heavy atom. The van der Waals surface area contributed by atoms with Gasteiger partial charge in [-0.2, -0.15) is 4.98 Å². The van der Waals surface area contributed by atoms with Gasteiger partial charge in [-0.25, -0.2) is 9.67 Å². The van der Waals surface area contributed by atoms with Crippen molar-refractivity contribution >= 4 is 34.6 Å². The number of anilines is 3. The molecule has 9 heteroatoms. The number of piperazine rings is 1. The van der Waals surface area contributed by atoms with E-state index in [1.165, 1.54) is 23.9 Å². The first-order valence-electron chi connectivity index (χ1n) is 12.6. The highest BCUT2D eigenvalue weighted by Crippen LogP contribution is 2.31. The molecule has 9 nitrogen and oxygen atoms in total. The van der Waals surface area contributed by atoms with Gasteiger partial charge in [-0.15, -0.1) is 6.58 Å². The second-order valence-corrected chi connectivity index (χ2v) is 9.30. The lowest BCUT2D eigenvalue weighted by molar-refractivity contribution is 0.259. The second kappa shape index (κ2) is 12.5. The van der Waals surface area contributed by atoms with Crippen molar-refractivity contribution in [1.29, 1.82) is 5.41 Å². The Bertz CT molecular complexity index is 1230. The first-order chi connectivity index (χ1) is 17.3. The molecule has 1 aliphatic carbocycles. The number of aromatic nitrogens is 4. The Labute approximate surface area is 213 Å². The Hall–Kier alpha value is -3.46. The lowest BCUT2D eigenvalue weighted by atomic mass is 9.93. The van der Waals surface area contributed by atoms with Crippen molar-refractivity contribution in [3.8, 4) is 0 Å². The van der Waals surface area contributed by atoms with E-state index in [1.807, 2.05) is 23.3 Å². The number of hydrogen-bond acceptors (Lipinski definition) is 7. The average molecular weight is 493 g/mol. The number of aryl methyl sites for hydroxylation is 2. The summed E-state index contributed by atoms with van der Waals surface area (Å²) in [6.45, 7) is 13.3. The highest BCUT2D eigenvalue weighted by Gasteiger charge is 2.25. The molecular formula is C27H40N8O. The molecule has 1 saturated carbocycles. The fraction of sp³-hybridized carbons (Fsp3) is 0.481. The molecule has 36 heavy (non-hydrogen) atoms. The summed E-state index contributed by atoms with van der Waals surface area (Å²) in [5.41, 5.74) is 4.15. The number of hydrogen-bond donors (Lipinski definition) is 2. The molecule has 194 valence electrons. The van der Waals surface area contributed by atoms with E-state index in [-0.39, 0.29) is 11.6 Å². The van der Waals surface area contributed by atoms with Crippen molar-refractivity contribution in [3.05, 3.63) is 53.0 Å². The summed E-state index contributed by atoms with van der Waals surface area (Å²) in [7, 11) is 4.08. The van der Waals surface area contributed by atoms with E-state index in [1.54, 1.807) is 19.2 Å². The summed E-state index contributed by atoms with van der Waals surface area (Å²) in [5.74, 6) is 0.510. The second-order valence-electron chi connectivity index (χ2n) is 9.30. The van der Waals surface area contributed by atoms with Crippen molar-refractivity contribution in [2.24, 2.45) is 7.05 Å². The van der Waals surface area contributed by atoms with Gasteiger partial charge < -0.3 is 20.5 Å². The van der Waals surface area contributed by atoms with Crippen molar-refractivity contribution in [2.75, 3.05) is 43.4 Å². The van der Waals surface area contributed by atoms with Crippen LogP contribution in [0.4, 0.5) is 17.3 Å². The van der Waals surface area contributed by atoms with Crippen molar-refractivity contribution in [1.82, 2.24) is 24.2 Å². The zero-order valence-electron chi connectivity index (χ0n) is 22.3. The fourth-order valence-electron chi connectivity index (χ4n) is 4.50. The molecule has 0 spiro atoms. The van der Waals surface area contributed by atoms with Gasteiger partial charge in [0.2, 0.25) is 5.95 Å². The molecule has 2 aromatic heterocycles. The van der Waals surface area contributed by atoms with Crippen molar-refractivity contribution in [3.63, 3.8) is 0 Å². The number of nitrogens with one attached hydrogen (secondary N) is 2. The number of nitrogens with zero attached hydrogens (tertiary/aromatic N) is 6. The summed E-state index contributed by atoms with van der Waals surface area (Å²) in [6.07, 6.45) is 7.94. The maximum Gasteiger partial charge on any atom is 0.278 e. The SMILES string of the molecule is C=CC.CC=N.Cc1cc(Nc2ncc3c(=O)n(C4CCC4)n(C)c3n2)ccc1N1CCN(C)CC1. The minimum absolute atomic E-state index is 0.0103. The van der Waals surface area contributed by atoms with Crippen LogP contribution in [0, 0.1) is 12.3 Å². The zero-order chi connectivity index (χ0) is 26.2. The largest absolute Gasteiger partial charge is 0.369 e. The van der Waals surface area contributed by atoms with E-state index in [9.17, 15) is 4.79 Å². The molecule has 2 fully saturated rings. The van der Waals surface area contributed by atoms with Gasteiger partial charge in [0.05, 0.1) is 6.04 Å². The number of fused-ring (bicyclic) bond motifs is 1. The van der Waals surface area contributed by atoms with E-state index in [0.717, 1.165) is 44.7 Å². The Balaban J connectivity index is 0.000000550. The fourth-order valence-corrected chi connectivity index (χ4v) is 4.50. The van der Waals surface area contributed by atoms with Crippen LogP contribution in [-0.2, 0) is 7.05 Å². The third-order valence-corrected chi connectivity index (χ3v) is 6.55. The highest BCUT2D eigenvalue weighted by molar-refractivity contribution is 5.75. The molecule has 2 aliphatic rings. The van der Waals surface area contributed by atoms with E-state index in [4.69, 9.17) is 5.41 Å². The van der Waals surface area contributed by atoms with Crippen LogP contribution < -0.4 is 15.8 Å². The first kappa shape index (κ1) is 27.1. The smallest absolute Gasteiger partial charge is 0.278 e. The molecule has 0 amide bonds. The lowest BCUT2D eigenvalue weighted by Gasteiger charge is -2.35. The van der Waals surface area contributed by atoms with Gasteiger partial charge in [-0.05, 0) is 77.1 Å². The number of rotatable bonds is 4. The number of allylic oxidation sites excluding steroid dienone is 1. The Kier molecular flexibility index (Phi) is 9.41. The standard InChI is InChI=1S/C22H29N7O.C3H6.C2H5N/c1-15-13-16(7-8-19(15)28-11-9-26(2)10-12-28)24-22-23-14-18-20(25-22)27(3)29(21(18)30)17-5-4-6-17;1-3-2;1-2-3/h7-8,13-14,17H,4-6,9-12H2,1-3H3,(H,23,24,25);3H,1H2,2H3;2-3H,1H3. The third kappa shape index (κ3) is 6.02. The van der Waals surface area contributed by atoms with E-state index >= 15 is 0 Å². The van der Waals surface area contributed by atoms with Gasteiger partial charge in [0.15, 0.2) is 5.65 Å². The summed E-state index contributed by atoms with van der Waals surface area (Å²) in [6, 6.07) is 6.68. The average Bonchev–Trinajstić information content (AvgIpc) is 3.05. The monoisotopic (exact) mass is 492 g/mol. The summed E-state index contributed by atoms with van der Waals surface area (Å²) < 4.78 is 3.72. The maximum atomic E-state index is 12.7. The van der Waals surface area contributed by atoms with Crippen LogP contribution in [0.3, 0.4) is 0 Å². The summed E-state index contributed by atoms with van der Waals surface area (Å²) in [4.78, 5) is 26.6. The molecule has 0 atom stereocenters. The van der Waals surface area contributed by atoms with Crippen LogP contribution in [0.2, 0.25) is 0 Å². The van der Waals surface area contributed by atoms with Gasteiger partial charge in [-0.1, -0.05) is 6.08 Å². The van der Waals surface area contributed by atoms with Crippen LogP contribution in [-0.4, -0.2) is 63.7 Å². The van der Waals surface area contributed by atoms with E-state index < -0.39 is 0 Å². The first-order valence-corrected chi connectivity index (χ1v) is 12.6. The van der Waals surface area contributed by atoms with Crippen LogP contribution in [0.1, 0.15) is 44.7 Å². The summed E-state index contributed by atoms with van der Waals surface area (Å²) >= 11 is 0. The number of benzene rings is 1. The van der Waals surface area contributed by atoms with Crippen LogP contribution in [0.5, 0.6) is 0 Å². The van der Waals surface area contributed by atoms with Gasteiger partial charge in [0, 0.05) is 50.8 Å². The molecule has 0 radical (unpaired) electrons. The van der Waals surface area contributed by atoms with Gasteiger partial charge in [0.25, 0.3) is 5.56 Å². The molecule has 5 rings (SSSR count). The minimum Gasteiger partial charge on any atom is -0.369 e. The third-order valence-electron chi connectivity index (χ3n) is 6.55. The molecule has 1 saturated heterocycles. The molecule has 1 aromatic carbocycles. The van der Waals surface area contributed by atoms with Crippen molar-refractivity contribution in [2.45, 2.75) is 46.1 Å².